The lowest BCUT2D eigenvalue weighted by Crippen LogP contribution is -2.31. The molecular formula is C23H19N3O2. The highest BCUT2D eigenvalue weighted by Crippen LogP contribution is 2.25. The van der Waals surface area contributed by atoms with Gasteiger partial charge in [-0.05, 0) is 42.3 Å². The summed E-state index contributed by atoms with van der Waals surface area (Å²) < 4.78 is 0. The molecule has 0 saturated heterocycles. The van der Waals surface area contributed by atoms with Crippen molar-refractivity contribution in [1.29, 1.82) is 0 Å². The quantitative estimate of drug-likeness (QED) is 0.589. The first-order valence-electron chi connectivity index (χ1n) is 9.02. The number of aryl methyl sites for hydroxylation is 1. The Morgan fingerprint density at radius 3 is 2.50 bits per heavy atom. The van der Waals surface area contributed by atoms with Crippen LogP contribution in [0.1, 0.15) is 21.5 Å². The zero-order valence-electron chi connectivity index (χ0n) is 15.4. The average molecular weight is 369 g/mol. The van der Waals surface area contributed by atoms with E-state index in [1.165, 1.54) is 0 Å². The van der Waals surface area contributed by atoms with Crippen molar-refractivity contribution in [3.63, 3.8) is 0 Å². The van der Waals surface area contributed by atoms with E-state index < -0.39 is 0 Å². The van der Waals surface area contributed by atoms with Crippen molar-refractivity contribution in [2.24, 2.45) is 0 Å². The largest absolute Gasteiger partial charge is 0.322 e. The van der Waals surface area contributed by atoms with E-state index in [0.717, 1.165) is 27.7 Å². The van der Waals surface area contributed by atoms with Gasteiger partial charge in [-0.3, -0.25) is 14.6 Å². The van der Waals surface area contributed by atoms with Gasteiger partial charge in [-0.1, -0.05) is 36.4 Å². The fourth-order valence-corrected chi connectivity index (χ4v) is 3.36. The minimum atomic E-state index is -0.185. The van der Waals surface area contributed by atoms with Crippen molar-refractivity contribution >= 4 is 22.5 Å². The van der Waals surface area contributed by atoms with E-state index in [1.807, 2.05) is 55.5 Å². The highest BCUT2D eigenvalue weighted by molar-refractivity contribution is 6.06. The lowest BCUT2D eigenvalue weighted by molar-refractivity contribution is 0.0985. The van der Waals surface area contributed by atoms with Gasteiger partial charge < -0.3 is 9.88 Å². The second kappa shape index (κ2) is 7.48. The number of benzene rings is 2. The van der Waals surface area contributed by atoms with Crippen LogP contribution in [0.5, 0.6) is 0 Å². The summed E-state index contributed by atoms with van der Waals surface area (Å²) in [6.07, 6.45) is 3.21. The molecule has 0 spiro atoms. The minimum absolute atomic E-state index is 0.138. The number of anilines is 1. The van der Waals surface area contributed by atoms with Gasteiger partial charge in [0, 0.05) is 40.6 Å². The molecule has 5 nitrogen and oxygen atoms in total. The molecule has 0 aliphatic carbocycles. The van der Waals surface area contributed by atoms with E-state index in [0.29, 0.717) is 5.56 Å². The Balaban J connectivity index is 1.85. The minimum Gasteiger partial charge on any atom is -0.322 e. The Bertz CT molecular complexity index is 1200. The number of fused-ring (bicyclic) bond motifs is 1. The van der Waals surface area contributed by atoms with Crippen LogP contribution in [0.3, 0.4) is 0 Å². The number of hydrogen-bond donors (Lipinski definition) is 1. The zero-order valence-corrected chi connectivity index (χ0v) is 15.4. The molecule has 2 heterocycles. The van der Waals surface area contributed by atoms with Crippen molar-refractivity contribution in [3.05, 3.63) is 106 Å². The molecule has 0 fully saturated rings. The summed E-state index contributed by atoms with van der Waals surface area (Å²) in [5, 5.41) is 0.920. The SMILES string of the molecule is Cc1ccccc1N(Cc1cc(=O)[nH]c2ccccc12)C(=O)c1ccncc1. The van der Waals surface area contributed by atoms with Crippen LogP contribution < -0.4 is 10.5 Å². The van der Waals surface area contributed by atoms with Gasteiger partial charge in [0.1, 0.15) is 0 Å². The lowest BCUT2D eigenvalue weighted by Gasteiger charge is -2.25. The van der Waals surface area contributed by atoms with Crippen LogP contribution in [0, 0.1) is 6.92 Å². The normalized spacial score (nSPS) is 10.8. The molecule has 2 aromatic heterocycles. The number of hydrogen-bond acceptors (Lipinski definition) is 3. The van der Waals surface area contributed by atoms with Crippen LogP contribution >= 0.6 is 0 Å². The molecule has 1 amide bonds. The zero-order chi connectivity index (χ0) is 19.5. The van der Waals surface area contributed by atoms with Crippen LogP contribution in [-0.2, 0) is 6.54 Å². The van der Waals surface area contributed by atoms with Gasteiger partial charge in [-0.15, -0.1) is 0 Å². The number of para-hydroxylation sites is 2. The third-order valence-electron chi connectivity index (χ3n) is 4.74. The number of carbonyl (C=O) groups excluding carboxylic acids is 1. The Morgan fingerprint density at radius 1 is 1.00 bits per heavy atom. The number of nitrogens with zero attached hydrogens (tertiary/aromatic N) is 2. The number of rotatable bonds is 4. The van der Waals surface area contributed by atoms with Crippen molar-refractivity contribution in [2.75, 3.05) is 4.90 Å². The first kappa shape index (κ1) is 17.7. The third-order valence-corrected chi connectivity index (χ3v) is 4.74. The number of aromatic nitrogens is 2. The second-order valence-corrected chi connectivity index (χ2v) is 6.62. The number of amides is 1. The van der Waals surface area contributed by atoms with E-state index in [4.69, 9.17) is 0 Å². The standard InChI is InChI=1S/C23H19N3O2/c1-16-6-2-5-9-21(16)26(23(28)17-10-12-24-13-11-17)15-18-14-22(27)25-20-8-4-3-7-19(18)20/h2-14H,15H2,1H3,(H,25,27). The molecule has 4 rings (SSSR count). The Kier molecular flexibility index (Phi) is 4.72. The Morgan fingerprint density at radius 2 is 1.71 bits per heavy atom. The average Bonchev–Trinajstić information content (AvgIpc) is 2.72. The van der Waals surface area contributed by atoms with E-state index >= 15 is 0 Å². The summed E-state index contributed by atoms with van der Waals surface area (Å²) in [6.45, 7) is 2.26. The maximum atomic E-state index is 13.3. The molecule has 0 unspecified atom stereocenters. The van der Waals surface area contributed by atoms with Crippen molar-refractivity contribution in [1.82, 2.24) is 9.97 Å². The van der Waals surface area contributed by atoms with Crippen molar-refractivity contribution < 1.29 is 4.79 Å². The van der Waals surface area contributed by atoms with Crippen molar-refractivity contribution in [2.45, 2.75) is 13.5 Å². The summed E-state index contributed by atoms with van der Waals surface area (Å²) in [4.78, 5) is 34.1. The van der Waals surface area contributed by atoms with Gasteiger partial charge in [0.25, 0.3) is 5.91 Å². The lowest BCUT2D eigenvalue weighted by atomic mass is 10.1. The Labute approximate surface area is 162 Å². The molecule has 0 radical (unpaired) electrons. The second-order valence-electron chi connectivity index (χ2n) is 6.62. The van der Waals surface area contributed by atoms with Crippen molar-refractivity contribution in [3.8, 4) is 0 Å². The number of aromatic amines is 1. The molecule has 138 valence electrons. The van der Waals surface area contributed by atoms with Crippen LogP contribution in [0.4, 0.5) is 5.69 Å². The molecule has 4 aromatic rings. The summed E-state index contributed by atoms with van der Waals surface area (Å²) in [5.41, 5.74) is 3.71. The monoisotopic (exact) mass is 369 g/mol. The molecule has 0 bridgehead atoms. The molecule has 1 N–H and O–H groups in total. The molecule has 2 aromatic carbocycles. The van der Waals surface area contributed by atoms with Crippen LogP contribution in [0.2, 0.25) is 0 Å². The van der Waals surface area contributed by atoms with E-state index in [1.54, 1.807) is 35.5 Å². The summed E-state index contributed by atoms with van der Waals surface area (Å²) in [6, 6.07) is 20.3. The predicted octanol–water partition coefficient (Wildman–Crippen LogP) is 4.08. The molecular weight excluding hydrogens is 350 g/mol. The van der Waals surface area contributed by atoms with Gasteiger partial charge in [-0.2, -0.15) is 0 Å². The highest BCUT2D eigenvalue weighted by Gasteiger charge is 2.20. The number of nitrogens with one attached hydrogen (secondary N) is 1. The number of carbonyl (C=O) groups is 1. The molecule has 28 heavy (non-hydrogen) atoms. The summed E-state index contributed by atoms with van der Waals surface area (Å²) in [7, 11) is 0. The van der Waals surface area contributed by atoms with Crippen LogP contribution in [-0.4, -0.2) is 15.9 Å². The smallest absolute Gasteiger partial charge is 0.258 e. The Hall–Kier alpha value is -3.73. The first-order chi connectivity index (χ1) is 13.6. The first-order valence-corrected chi connectivity index (χ1v) is 9.02. The molecule has 0 saturated carbocycles. The predicted molar refractivity (Wildman–Crippen MR) is 110 cm³/mol. The van der Waals surface area contributed by atoms with Gasteiger partial charge in [-0.25, -0.2) is 0 Å². The van der Waals surface area contributed by atoms with E-state index in [9.17, 15) is 9.59 Å². The summed E-state index contributed by atoms with van der Waals surface area (Å²) in [5.74, 6) is -0.138. The molecule has 0 atom stereocenters. The topological polar surface area (TPSA) is 66.1 Å². The molecule has 0 aliphatic rings. The number of H-pyrrole nitrogens is 1. The fourth-order valence-electron chi connectivity index (χ4n) is 3.36. The maximum absolute atomic E-state index is 13.3. The number of pyridine rings is 2. The van der Waals surface area contributed by atoms with Gasteiger partial charge in [0.15, 0.2) is 0 Å². The van der Waals surface area contributed by atoms with Gasteiger partial charge in [0.2, 0.25) is 5.56 Å². The van der Waals surface area contributed by atoms with Gasteiger partial charge >= 0.3 is 0 Å². The molecule has 0 aliphatic heterocycles. The maximum Gasteiger partial charge on any atom is 0.258 e. The highest BCUT2D eigenvalue weighted by atomic mass is 16.2. The fraction of sp³-hybridized carbons (Fsp3) is 0.0870. The van der Waals surface area contributed by atoms with Crippen LogP contribution in [0.15, 0.2) is 83.9 Å². The van der Waals surface area contributed by atoms with Crippen LogP contribution in [0.25, 0.3) is 10.9 Å². The van der Waals surface area contributed by atoms with Gasteiger partial charge in [0.05, 0.1) is 6.54 Å². The summed E-state index contributed by atoms with van der Waals surface area (Å²) >= 11 is 0. The third kappa shape index (κ3) is 3.42. The molecule has 5 heteroatoms. The van der Waals surface area contributed by atoms with E-state index in [2.05, 4.69) is 9.97 Å². The van der Waals surface area contributed by atoms with E-state index in [-0.39, 0.29) is 18.0 Å².